The highest BCUT2D eigenvalue weighted by molar-refractivity contribution is 6.31. The first-order chi connectivity index (χ1) is 13.3. The second-order valence-corrected chi connectivity index (χ2v) is 7.83. The van der Waals surface area contributed by atoms with Gasteiger partial charge in [0.15, 0.2) is 0 Å². The fraction of sp³-hybridized carbons (Fsp3) is 0.455. The average molecular weight is 404 g/mol. The van der Waals surface area contributed by atoms with Gasteiger partial charge in [-0.2, -0.15) is 0 Å². The summed E-state index contributed by atoms with van der Waals surface area (Å²) in [6, 6.07) is 11.8. The van der Waals surface area contributed by atoms with Crippen LogP contribution in [0.4, 0.5) is 0 Å². The van der Waals surface area contributed by atoms with Crippen molar-refractivity contribution in [2.45, 2.75) is 40.8 Å². The van der Waals surface area contributed by atoms with Crippen molar-refractivity contribution in [3.63, 3.8) is 0 Å². The molecule has 0 unspecified atom stereocenters. The number of carbonyl (C=O) groups excluding carboxylic acids is 2. The van der Waals surface area contributed by atoms with Gasteiger partial charge < -0.3 is 14.4 Å². The van der Waals surface area contributed by atoms with E-state index in [0.29, 0.717) is 32.1 Å². The molecule has 2 amide bonds. The van der Waals surface area contributed by atoms with E-state index in [-0.39, 0.29) is 18.4 Å². The molecule has 0 aliphatic carbocycles. The molecule has 0 saturated heterocycles. The van der Waals surface area contributed by atoms with Gasteiger partial charge in [-0.15, -0.1) is 0 Å². The number of benzene rings is 1. The Balaban J connectivity index is 2.17. The van der Waals surface area contributed by atoms with Gasteiger partial charge in [0.05, 0.1) is 13.1 Å². The zero-order valence-corrected chi connectivity index (χ0v) is 17.9. The van der Waals surface area contributed by atoms with E-state index in [2.05, 4.69) is 18.4 Å². The molecule has 0 spiro atoms. The molecule has 0 radical (unpaired) electrons. The Kier molecular flexibility index (Phi) is 8.12. The Hall–Kier alpha value is -2.27. The van der Waals surface area contributed by atoms with E-state index >= 15 is 0 Å². The van der Waals surface area contributed by atoms with Crippen LogP contribution < -0.4 is 0 Å². The lowest BCUT2D eigenvalue weighted by molar-refractivity contribution is -0.140. The third kappa shape index (κ3) is 6.13. The highest BCUT2D eigenvalue weighted by Crippen LogP contribution is 2.18. The quantitative estimate of drug-likeness (QED) is 0.634. The predicted octanol–water partition coefficient (Wildman–Crippen LogP) is 4.04. The molecular formula is C22H30ClN3O2. The van der Waals surface area contributed by atoms with Gasteiger partial charge in [-0.3, -0.25) is 9.59 Å². The summed E-state index contributed by atoms with van der Waals surface area (Å²) >= 11 is 6.31. The molecule has 2 aromatic rings. The second-order valence-electron chi connectivity index (χ2n) is 7.42. The summed E-state index contributed by atoms with van der Waals surface area (Å²) in [7, 11) is 0. The first-order valence-corrected chi connectivity index (χ1v) is 10.1. The van der Waals surface area contributed by atoms with Crippen LogP contribution in [-0.4, -0.2) is 45.8 Å². The standard InChI is InChI=1S/C22H30ClN3O2/c1-5-24(18(4)27)16-22(28)26(13-17(2)3)15-20-10-8-12-25(20)14-19-9-6-7-11-21(19)23/h6-12,17H,5,13-16H2,1-4H3. The van der Waals surface area contributed by atoms with E-state index in [1.165, 1.54) is 6.92 Å². The Morgan fingerprint density at radius 2 is 1.82 bits per heavy atom. The maximum Gasteiger partial charge on any atom is 0.242 e. The van der Waals surface area contributed by atoms with Crippen LogP contribution in [-0.2, 0) is 22.7 Å². The van der Waals surface area contributed by atoms with Crippen LogP contribution in [0.5, 0.6) is 0 Å². The Bertz CT molecular complexity index is 801. The number of rotatable bonds is 9. The van der Waals surface area contributed by atoms with Crippen LogP contribution >= 0.6 is 11.6 Å². The number of nitrogens with zero attached hydrogens (tertiary/aromatic N) is 3. The second kappa shape index (κ2) is 10.3. The third-order valence-electron chi connectivity index (χ3n) is 4.67. The van der Waals surface area contributed by atoms with Gasteiger partial charge >= 0.3 is 0 Å². The van der Waals surface area contributed by atoms with Crippen LogP contribution in [0.15, 0.2) is 42.6 Å². The van der Waals surface area contributed by atoms with Crippen molar-refractivity contribution in [3.05, 3.63) is 58.9 Å². The molecule has 1 aromatic heterocycles. The van der Waals surface area contributed by atoms with E-state index < -0.39 is 0 Å². The van der Waals surface area contributed by atoms with Crippen LogP contribution in [0.3, 0.4) is 0 Å². The average Bonchev–Trinajstić information content (AvgIpc) is 3.07. The van der Waals surface area contributed by atoms with Gasteiger partial charge in [0, 0.05) is 43.5 Å². The van der Waals surface area contributed by atoms with Crippen molar-refractivity contribution in [1.82, 2.24) is 14.4 Å². The van der Waals surface area contributed by atoms with Crippen molar-refractivity contribution in [2.24, 2.45) is 5.92 Å². The van der Waals surface area contributed by atoms with Gasteiger partial charge in [0.25, 0.3) is 0 Å². The van der Waals surface area contributed by atoms with Gasteiger partial charge in [-0.05, 0) is 36.6 Å². The zero-order chi connectivity index (χ0) is 20.7. The fourth-order valence-electron chi connectivity index (χ4n) is 3.16. The lowest BCUT2D eigenvalue weighted by atomic mass is 10.2. The van der Waals surface area contributed by atoms with Crippen molar-refractivity contribution in [3.8, 4) is 0 Å². The monoisotopic (exact) mass is 403 g/mol. The molecule has 5 nitrogen and oxygen atoms in total. The molecule has 0 aliphatic heterocycles. The maximum absolute atomic E-state index is 12.9. The number of likely N-dealkylation sites (N-methyl/N-ethyl adjacent to an activating group) is 1. The Labute approximate surface area is 172 Å². The summed E-state index contributed by atoms with van der Waals surface area (Å²) in [5.41, 5.74) is 2.08. The number of hydrogen-bond acceptors (Lipinski definition) is 2. The Morgan fingerprint density at radius 3 is 2.43 bits per heavy atom. The molecule has 0 fully saturated rings. The number of aromatic nitrogens is 1. The molecule has 0 atom stereocenters. The molecular weight excluding hydrogens is 374 g/mol. The van der Waals surface area contributed by atoms with Crippen LogP contribution in [0.25, 0.3) is 0 Å². The molecule has 0 aliphatic rings. The summed E-state index contributed by atoms with van der Waals surface area (Å²) in [5.74, 6) is 0.224. The highest BCUT2D eigenvalue weighted by atomic mass is 35.5. The first kappa shape index (κ1) is 22.0. The molecule has 0 bridgehead atoms. The largest absolute Gasteiger partial charge is 0.345 e. The highest BCUT2D eigenvalue weighted by Gasteiger charge is 2.20. The molecule has 28 heavy (non-hydrogen) atoms. The molecule has 0 N–H and O–H groups in total. The van der Waals surface area contributed by atoms with Crippen LogP contribution in [0.2, 0.25) is 5.02 Å². The first-order valence-electron chi connectivity index (χ1n) is 9.72. The van der Waals surface area contributed by atoms with E-state index in [0.717, 1.165) is 16.3 Å². The fourth-order valence-corrected chi connectivity index (χ4v) is 3.35. The van der Waals surface area contributed by atoms with E-state index in [1.54, 1.807) is 4.90 Å². The number of amides is 2. The van der Waals surface area contributed by atoms with Gasteiger partial charge in [0.1, 0.15) is 0 Å². The molecule has 152 valence electrons. The van der Waals surface area contributed by atoms with Crippen molar-refractivity contribution < 1.29 is 9.59 Å². The van der Waals surface area contributed by atoms with Crippen LogP contribution in [0.1, 0.15) is 39.0 Å². The minimum Gasteiger partial charge on any atom is -0.345 e. The maximum atomic E-state index is 12.9. The molecule has 6 heteroatoms. The molecule has 1 aromatic carbocycles. The summed E-state index contributed by atoms with van der Waals surface area (Å²) in [4.78, 5) is 28.0. The van der Waals surface area contributed by atoms with Gasteiger partial charge in [-0.25, -0.2) is 0 Å². The Morgan fingerprint density at radius 1 is 1.11 bits per heavy atom. The third-order valence-corrected chi connectivity index (χ3v) is 5.04. The van der Waals surface area contributed by atoms with Gasteiger partial charge in [-0.1, -0.05) is 43.6 Å². The summed E-state index contributed by atoms with van der Waals surface area (Å²) in [6.45, 7) is 10.0. The van der Waals surface area contributed by atoms with Crippen molar-refractivity contribution in [1.29, 1.82) is 0 Å². The summed E-state index contributed by atoms with van der Waals surface area (Å²) in [5, 5.41) is 0.734. The summed E-state index contributed by atoms with van der Waals surface area (Å²) < 4.78 is 2.12. The molecule has 0 saturated carbocycles. The minimum absolute atomic E-state index is 0.0313. The normalized spacial score (nSPS) is 10.9. The smallest absolute Gasteiger partial charge is 0.242 e. The zero-order valence-electron chi connectivity index (χ0n) is 17.2. The van der Waals surface area contributed by atoms with Crippen LogP contribution in [0, 0.1) is 5.92 Å². The lowest BCUT2D eigenvalue weighted by Gasteiger charge is -2.28. The van der Waals surface area contributed by atoms with E-state index in [4.69, 9.17) is 11.6 Å². The number of carbonyl (C=O) groups is 2. The molecule has 1 heterocycles. The number of halogens is 1. The SMILES string of the molecule is CCN(CC(=O)N(Cc1cccn1Cc1ccccc1Cl)CC(C)C)C(C)=O. The van der Waals surface area contributed by atoms with E-state index in [1.807, 2.05) is 54.4 Å². The topological polar surface area (TPSA) is 45.6 Å². The van der Waals surface area contributed by atoms with Crippen molar-refractivity contribution >= 4 is 23.4 Å². The van der Waals surface area contributed by atoms with Crippen molar-refractivity contribution in [2.75, 3.05) is 19.6 Å². The predicted molar refractivity (Wildman–Crippen MR) is 113 cm³/mol. The summed E-state index contributed by atoms with van der Waals surface area (Å²) in [6.07, 6.45) is 2.00. The number of hydrogen-bond donors (Lipinski definition) is 0. The van der Waals surface area contributed by atoms with E-state index in [9.17, 15) is 9.59 Å². The molecule has 2 rings (SSSR count). The lowest BCUT2D eigenvalue weighted by Crippen LogP contribution is -2.43. The minimum atomic E-state index is -0.0811. The van der Waals surface area contributed by atoms with Gasteiger partial charge in [0.2, 0.25) is 11.8 Å².